The number of ether oxygens (including phenoxy) is 1. The van der Waals surface area contributed by atoms with Crippen molar-refractivity contribution in [3.63, 3.8) is 0 Å². The molecule has 1 aromatic carbocycles. The molecule has 2 rings (SSSR count). The topological polar surface area (TPSA) is 67.4 Å². The molecule has 118 valence electrons. The first kappa shape index (κ1) is 16.3. The van der Waals surface area contributed by atoms with Crippen LogP contribution in [0.5, 0.6) is 0 Å². The van der Waals surface area contributed by atoms with Crippen molar-refractivity contribution in [1.82, 2.24) is 4.72 Å². The van der Waals surface area contributed by atoms with Gasteiger partial charge in [-0.1, -0.05) is 13.8 Å². The maximum absolute atomic E-state index is 12.4. The SMILES string of the molecule is CCNc1ccc(S(=O)(=O)NC2CC(OC)C2(C)C)cc1. The largest absolute Gasteiger partial charge is 0.385 e. The summed E-state index contributed by atoms with van der Waals surface area (Å²) in [6, 6.07) is 6.71. The van der Waals surface area contributed by atoms with Crippen LogP contribution in [0, 0.1) is 5.41 Å². The van der Waals surface area contributed by atoms with Crippen LogP contribution in [-0.2, 0) is 14.8 Å². The molecule has 1 saturated carbocycles. The Balaban J connectivity index is 2.09. The Bertz CT molecular complexity index is 581. The average molecular weight is 312 g/mol. The van der Waals surface area contributed by atoms with Crippen molar-refractivity contribution in [3.05, 3.63) is 24.3 Å². The van der Waals surface area contributed by atoms with Crippen LogP contribution in [0.25, 0.3) is 0 Å². The third-order valence-corrected chi connectivity index (χ3v) is 5.79. The maximum atomic E-state index is 12.4. The molecule has 1 aromatic rings. The Morgan fingerprint density at radius 2 is 1.90 bits per heavy atom. The summed E-state index contributed by atoms with van der Waals surface area (Å²) in [5.74, 6) is 0. The van der Waals surface area contributed by atoms with Gasteiger partial charge in [0.05, 0.1) is 11.0 Å². The van der Waals surface area contributed by atoms with E-state index in [4.69, 9.17) is 4.74 Å². The van der Waals surface area contributed by atoms with Crippen molar-refractivity contribution in [3.8, 4) is 0 Å². The molecule has 1 aliphatic rings. The minimum atomic E-state index is -3.49. The van der Waals surface area contributed by atoms with Gasteiger partial charge in [-0.25, -0.2) is 13.1 Å². The highest BCUT2D eigenvalue weighted by Crippen LogP contribution is 2.43. The number of benzene rings is 1. The molecule has 21 heavy (non-hydrogen) atoms. The predicted molar refractivity (Wildman–Crippen MR) is 83.9 cm³/mol. The van der Waals surface area contributed by atoms with Crippen LogP contribution in [-0.4, -0.2) is 34.2 Å². The van der Waals surface area contributed by atoms with Crippen molar-refractivity contribution < 1.29 is 13.2 Å². The lowest BCUT2D eigenvalue weighted by atomic mass is 9.65. The third kappa shape index (κ3) is 3.22. The van der Waals surface area contributed by atoms with E-state index in [2.05, 4.69) is 10.0 Å². The number of sulfonamides is 1. The highest BCUT2D eigenvalue weighted by molar-refractivity contribution is 7.89. The molecule has 0 saturated heterocycles. The first-order valence-electron chi connectivity index (χ1n) is 7.20. The fourth-order valence-electron chi connectivity index (χ4n) is 2.70. The van der Waals surface area contributed by atoms with Crippen molar-refractivity contribution in [2.24, 2.45) is 5.41 Å². The second kappa shape index (κ2) is 5.94. The summed E-state index contributed by atoms with van der Waals surface area (Å²) in [7, 11) is -1.82. The fraction of sp³-hybridized carbons (Fsp3) is 0.600. The molecule has 0 radical (unpaired) electrons. The van der Waals surface area contributed by atoms with Crippen LogP contribution in [0.4, 0.5) is 5.69 Å². The molecule has 0 aromatic heterocycles. The van der Waals surface area contributed by atoms with Crippen LogP contribution in [0.15, 0.2) is 29.2 Å². The third-order valence-electron chi connectivity index (χ3n) is 4.31. The summed E-state index contributed by atoms with van der Waals surface area (Å²) in [4.78, 5) is 0.292. The number of nitrogens with one attached hydrogen (secondary N) is 2. The van der Waals surface area contributed by atoms with Crippen LogP contribution < -0.4 is 10.0 Å². The van der Waals surface area contributed by atoms with Crippen LogP contribution >= 0.6 is 0 Å². The van der Waals surface area contributed by atoms with Gasteiger partial charge >= 0.3 is 0 Å². The quantitative estimate of drug-likeness (QED) is 0.845. The average Bonchev–Trinajstić information content (AvgIpc) is 2.44. The van der Waals surface area contributed by atoms with Crippen molar-refractivity contribution in [2.45, 2.75) is 44.2 Å². The molecule has 2 atom stereocenters. The van der Waals surface area contributed by atoms with Gasteiger partial charge in [-0.3, -0.25) is 0 Å². The van der Waals surface area contributed by atoms with E-state index in [0.29, 0.717) is 11.3 Å². The Kier molecular flexibility index (Phi) is 4.60. The standard InChI is InChI=1S/C15H24N2O3S/c1-5-16-11-6-8-12(9-7-11)21(18,19)17-13-10-14(20-4)15(13,2)3/h6-9,13-14,16-17H,5,10H2,1-4H3. The summed E-state index contributed by atoms with van der Waals surface area (Å²) in [6.07, 6.45) is 0.805. The highest BCUT2D eigenvalue weighted by Gasteiger charge is 2.50. The molecule has 0 spiro atoms. The molecule has 5 nitrogen and oxygen atoms in total. The zero-order chi connectivity index (χ0) is 15.7. The van der Waals surface area contributed by atoms with Gasteiger partial charge in [0, 0.05) is 30.8 Å². The van der Waals surface area contributed by atoms with E-state index in [1.165, 1.54) is 0 Å². The lowest BCUT2D eigenvalue weighted by molar-refractivity contribution is -0.0908. The molecule has 0 aliphatic heterocycles. The Hall–Kier alpha value is -1.11. The second-order valence-corrected chi connectivity index (χ2v) is 7.72. The lowest BCUT2D eigenvalue weighted by Crippen LogP contribution is -2.61. The van der Waals surface area contributed by atoms with Gasteiger partial charge < -0.3 is 10.1 Å². The predicted octanol–water partition coefficient (Wildman–Crippen LogP) is 2.21. The van der Waals surface area contributed by atoms with E-state index < -0.39 is 10.0 Å². The van der Waals surface area contributed by atoms with E-state index >= 15 is 0 Å². The zero-order valence-electron chi connectivity index (χ0n) is 13.0. The first-order valence-corrected chi connectivity index (χ1v) is 8.68. The molecule has 1 fully saturated rings. The van der Waals surface area contributed by atoms with E-state index in [1.54, 1.807) is 31.4 Å². The summed E-state index contributed by atoms with van der Waals surface area (Å²) in [5, 5.41) is 3.14. The second-order valence-electron chi connectivity index (χ2n) is 6.01. The lowest BCUT2D eigenvalue weighted by Gasteiger charge is -2.50. The fourth-order valence-corrected chi connectivity index (χ4v) is 4.10. The van der Waals surface area contributed by atoms with Gasteiger partial charge in [0.1, 0.15) is 0 Å². The van der Waals surface area contributed by atoms with Crippen LogP contribution in [0.2, 0.25) is 0 Å². The summed E-state index contributed by atoms with van der Waals surface area (Å²) >= 11 is 0. The zero-order valence-corrected chi connectivity index (χ0v) is 13.8. The molecule has 0 heterocycles. The van der Waals surface area contributed by atoms with Crippen molar-refractivity contribution in [2.75, 3.05) is 19.0 Å². The van der Waals surface area contributed by atoms with Crippen molar-refractivity contribution in [1.29, 1.82) is 0 Å². The summed E-state index contributed by atoms with van der Waals surface area (Å²) in [6.45, 7) is 6.84. The number of anilines is 1. The van der Waals surface area contributed by atoms with Gasteiger partial charge in [-0.2, -0.15) is 0 Å². The van der Waals surface area contributed by atoms with E-state index in [-0.39, 0.29) is 17.6 Å². The van der Waals surface area contributed by atoms with Crippen molar-refractivity contribution >= 4 is 15.7 Å². The molecule has 0 amide bonds. The number of rotatable bonds is 6. The molecular formula is C15H24N2O3S. The highest BCUT2D eigenvalue weighted by atomic mass is 32.2. The first-order chi connectivity index (χ1) is 9.81. The van der Waals surface area contributed by atoms with E-state index in [1.807, 2.05) is 20.8 Å². The van der Waals surface area contributed by atoms with Gasteiger partial charge in [-0.15, -0.1) is 0 Å². The number of methoxy groups -OCH3 is 1. The number of hydrogen-bond acceptors (Lipinski definition) is 4. The Labute approximate surface area is 127 Å². The minimum absolute atomic E-state index is 0.0964. The maximum Gasteiger partial charge on any atom is 0.240 e. The van der Waals surface area contributed by atoms with Gasteiger partial charge in [0.2, 0.25) is 10.0 Å². The van der Waals surface area contributed by atoms with Gasteiger partial charge in [0.15, 0.2) is 0 Å². The Morgan fingerprint density at radius 3 is 2.38 bits per heavy atom. The van der Waals surface area contributed by atoms with Crippen LogP contribution in [0.3, 0.4) is 0 Å². The minimum Gasteiger partial charge on any atom is -0.385 e. The molecular weight excluding hydrogens is 288 g/mol. The molecule has 6 heteroatoms. The van der Waals surface area contributed by atoms with E-state index in [0.717, 1.165) is 12.2 Å². The molecule has 0 bridgehead atoms. The Morgan fingerprint density at radius 1 is 1.29 bits per heavy atom. The summed E-state index contributed by atoms with van der Waals surface area (Å²) < 4.78 is 33.0. The van der Waals surface area contributed by atoms with Gasteiger partial charge in [0.25, 0.3) is 0 Å². The summed E-state index contributed by atoms with van der Waals surface area (Å²) in [5.41, 5.74) is 0.728. The van der Waals surface area contributed by atoms with E-state index in [9.17, 15) is 8.42 Å². The smallest absolute Gasteiger partial charge is 0.240 e. The number of hydrogen-bond donors (Lipinski definition) is 2. The molecule has 1 aliphatic carbocycles. The normalized spacial score (nSPS) is 24.4. The van der Waals surface area contributed by atoms with Crippen LogP contribution in [0.1, 0.15) is 27.2 Å². The molecule has 2 unspecified atom stereocenters. The van der Waals surface area contributed by atoms with Gasteiger partial charge in [-0.05, 0) is 37.6 Å². The monoisotopic (exact) mass is 312 g/mol. The molecule has 2 N–H and O–H groups in total.